The Morgan fingerprint density at radius 1 is 0.434 bits per heavy atom. The molecule has 0 fully saturated rings. The van der Waals surface area contributed by atoms with Crippen molar-refractivity contribution in [2.45, 2.75) is 136 Å². The molecule has 0 N–H and O–H groups in total. The molecule has 0 aliphatic rings. The molecular formula is C44H65O8P. The van der Waals surface area contributed by atoms with Gasteiger partial charge >= 0.3 is 19.8 Å². The summed E-state index contributed by atoms with van der Waals surface area (Å²) in [7, 11) is -3.72. The lowest BCUT2D eigenvalue weighted by Crippen LogP contribution is -2.15. The Labute approximate surface area is 319 Å². The molecule has 0 aromatic heterocycles. The summed E-state index contributed by atoms with van der Waals surface area (Å²) < 4.78 is 40.4. The lowest BCUT2D eigenvalue weighted by Gasteiger charge is -2.19. The second-order valence-electron chi connectivity index (χ2n) is 13.2. The number of phosphoric acid groups is 1. The SMILES string of the molecule is CCCCCCCCOC(=O)c1ccccc1C(=O)OCCCCCCCC.CCCCCCCCOP(=O)(Oc1ccccc1)Oc1ccccc1. The molecule has 0 amide bonds. The Morgan fingerprint density at radius 2 is 0.755 bits per heavy atom. The summed E-state index contributed by atoms with van der Waals surface area (Å²) in [4.78, 5) is 24.7. The third-order valence-corrected chi connectivity index (χ3v) is 9.86. The fourth-order valence-electron chi connectivity index (χ4n) is 5.44. The fourth-order valence-corrected chi connectivity index (χ4v) is 6.70. The number of ether oxygens (including phenoxy) is 2. The first-order valence-electron chi connectivity index (χ1n) is 20.1. The quantitative estimate of drug-likeness (QED) is 0.0411. The van der Waals surface area contributed by atoms with Crippen molar-refractivity contribution in [3.8, 4) is 11.5 Å². The van der Waals surface area contributed by atoms with Crippen molar-refractivity contribution in [1.82, 2.24) is 0 Å². The Hall–Kier alpha value is -3.61. The normalized spacial score (nSPS) is 10.9. The van der Waals surface area contributed by atoms with Crippen LogP contribution in [-0.2, 0) is 18.6 Å². The van der Waals surface area contributed by atoms with Crippen LogP contribution >= 0.6 is 7.82 Å². The molecule has 0 bridgehead atoms. The maximum atomic E-state index is 13.0. The van der Waals surface area contributed by atoms with Crippen LogP contribution < -0.4 is 9.05 Å². The average molecular weight is 753 g/mol. The number of rotatable bonds is 28. The molecular weight excluding hydrogens is 687 g/mol. The van der Waals surface area contributed by atoms with Gasteiger partial charge in [-0.2, -0.15) is 0 Å². The van der Waals surface area contributed by atoms with Crippen LogP contribution in [0, 0.1) is 0 Å². The van der Waals surface area contributed by atoms with E-state index in [2.05, 4.69) is 20.8 Å². The van der Waals surface area contributed by atoms with E-state index in [4.69, 9.17) is 23.0 Å². The number of hydrogen-bond acceptors (Lipinski definition) is 8. The number of unbranched alkanes of at least 4 members (excludes halogenated alkanes) is 15. The molecule has 0 atom stereocenters. The maximum absolute atomic E-state index is 13.0. The summed E-state index contributed by atoms with van der Waals surface area (Å²) in [6.45, 7) is 7.72. The van der Waals surface area contributed by atoms with Gasteiger partial charge in [0.2, 0.25) is 0 Å². The number of esters is 2. The monoisotopic (exact) mass is 752 g/mol. The molecule has 8 nitrogen and oxygen atoms in total. The Balaban J connectivity index is 0.000000369. The Bertz CT molecular complexity index is 1300. The summed E-state index contributed by atoms with van der Waals surface area (Å²) in [5.74, 6) is 0.0377. The Morgan fingerprint density at radius 3 is 1.13 bits per heavy atom. The van der Waals surface area contributed by atoms with Gasteiger partial charge < -0.3 is 18.5 Å². The summed E-state index contributed by atoms with van der Waals surface area (Å²) in [6.07, 6.45) is 20.4. The lowest BCUT2D eigenvalue weighted by molar-refractivity contribution is 0.0450. The summed E-state index contributed by atoms with van der Waals surface area (Å²) in [5.41, 5.74) is 0.586. The van der Waals surface area contributed by atoms with Gasteiger partial charge in [-0.1, -0.05) is 166 Å². The van der Waals surface area contributed by atoms with Crippen molar-refractivity contribution in [1.29, 1.82) is 0 Å². The molecule has 53 heavy (non-hydrogen) atoms. The molecule has 0 spiro atoms. The van der Waals surface area contributed by atoms with E-state index >= 15 is 0 Å². The second-order valence-corrected chi connectivity index (χ2v) is 14.7. The van der Waals surface area contributed by atoms with Crippen LogP contribution in [0.5, 0.6) is 11.5 Å². The molecule has 0 heterocycles. The maximum Gasteiger partial charge on any atom is 0.587 e. The van der Waals surface area contributed by atoms with Crippen LogP contribution in [0.25, 0.3) is 0 Å². The highest BCUT2D eigenvalue weighted by molar-refractivity contribution is 7.49. The molecule has 294 valence electrons. The van der Waals surface area contributed by atoms with Crippen molar-refractivity contribution >= 4 is 19.8 Å². The standard InChI is InChI=1S/C24H38O4.C20H27O4P/c1-3-5-7-9-11-15-19-27-23(25)21-17-13-14-18-22(21)24(26)28-20-16-12-10-8-6-4-2;1-2-3-4-5-6-13-18-22-25(21,23-19-14-9-7-10-15-19)24-20-16-11-8-12-17-20/h13-14,17-18H,3-12,15-16,19-20H2,1-2H3;7-12,14-17H,2-6,13,18H2,1H3. The van der Waals surface area contributed by atoms with Crippen molar-refractivity contribution in [3.63, 3.8) is 0 Å². The van der Waals surface area contributed by atoms with Gasteiger partial charge in [0.05, 0.1) is 30.9 Å². The minimum Gasteiger partial charge on any atom is -0.462 e. The van der Waals surface area contributed by atoms with E-state index in [1.54, 1.807) is 48.5 Å². The summed E-state index contributed by atoms with van der Waals surface area (Å²) in [5, 5.41) is 0. The van der Waals surface area contributed by atoms with E-state index in [1.165, 1.54) is 77.0 Å². The number of carbonyl (C=O) groups is 2. The first kappa shape index (κ1) is 45.5. The molecule has 0 unspecified atom stereocenters. The number of para-hydroxylation sites is 2. The van der Waals surface area contributed by atoms with Gasteiger partial charge in [0.25, 0.3) is 0 Å². The average Bonchev–Trinajstić information content (AvgIpc) is 3.17. The van der Waals surface area contributed by atoms with Crippen LogP contribution in [-0.4, -0.2) is 31.8 Å². The third-order valence-electron chi connectivity index (χ3n) is 8.50. The van der Waals surface area contributed by atoms with Crippen LogP contribution in [0.2, 0.25) is 0 Å². The lowest BCUT2D eigenvalue weighted by atomic mass is 10.1. The van der Waals surface area contributed by atoms with Gasteiger partial charge in [-0.3, -0.25) is 4.52 Å². The van der Waals surface area contributed by atoms with E-state index in [0.717, 1.165) is 38.5 Å². The number of carbonyl (C=O) groups excluding carboxylic acids is 2. The largest absolute Gasteiger partial charge is 0.587 e. The molecule has 0 aliphatic carbocycles. The molecule has 3 rings (SSSR count). The smallest absolute Gasteiger partial charge is 0.462 e. The zero-order chi connectivity index (χ0) is 38.2. The van der Waals surface area contributed by atoms with Crippen LogP contribution in [0.3, 0.4) is 0 Å². The molecule has 0 aliphatic heterocycles. The summed E-state index contributed by atoms with van der Waals surface area (Å²) in [6, 6.07) is 24.7. The van der Waals surface area contributed by atoms with Gasteiger partial charge in [0, 0.05) is 0 Å². The van der Waals surface area contributed by atoms with Gasteiger partial charge in [0.1, 0.15) is 11.5 Å². The summed E-state index contributed by atoms with van der Waals surface area (Å²) >= 11 is 0. The molecule has 0 saturated heterocycles. The molecule has 3 aromatic rings. The second kappa shape index (κ2) is 29.8. The Kier molecular flexibility index (Phi) is 25.6. The molecule has 0 radical (unpaired) electrons. The minimum absolute atomic E-state index is 0.293. The van der Waals surface area contributed by atoms with E-state index in [-0.39, 0.29) is 0 Å². The topological polar surface area (TPSA) is 97.4 Å². The molecule has 3 aromatic carbocycles. The first-order chi connectivity index (χ1) is 25.9. The predicted molar refractivity (Wildman–Crippen MR) is 215 cm³/mol. The number of phosphoric ester groups is 1. The van der Waals surface area contributed by atoms with E-state index in [0.29, 0.717) is 42.4 Å². The zero-order valence-electron chi connectivity index (χ0n) is 32.6. The van der Waals surface area contributed by atoms with Gasteiger partial charge in [-0.15, -0.1) is 0 Å². The van der Waals surface area contributed by atoms with Crippen molar-refractivity contribution in [2.24, 2.45) is 0 Å². The highest BCUT2D eigenvalue weighted by Gasteiger charge is 2.30. The molecule has 0 saturated carbocycles. The van der Waals surface area contributed by atoms with E-state index in [9.17, 15) is 14.2 Å². The highest BCUT2D eigenvalue weighted by Crippen LogP contribution is 2.49. The van der Waals surface area contributed by atoms with Gasteiger partial charge in [-0.25, -0.2) is 14.2 Å². The van der Waals surface area contributed by atoms with E-state index < -0.39 is 19.8 Å². The van der Waals surface area contributed by atoms with Crippen molar-refractivity contribution in [3.05, 3.63) is 96.1 Å². The van der Waals surface area contributed by atoms with Crippen LogP contribution in [0.4, 0.5) is 0 Å². The van der Waals surface area contributed by atoms with Crippen LogP contribution in [0.1, 0.15) is 157 Å². The van der Waals surface area contributed by atoms with Gasteiger partial charge in [0.15, 0.2) is 0 Å². The van der Waals surface area contributed by atoms with Crippen molar-refractivity contribution in [2.75, 3.05) is 19.8 Å². The first-order valence-corrected chi connectivity index (χ1v) is 21.6. The highest BCUT2D eigenvalue weighted by atomic mass is 31.2. The number of benzene rings is 3. The fraction of sp³-hybridized carbons (Fsp3) is 0.545. The van der Waals surface area contributed by atoms with Crippen molar-refractivity contribution < 1.29 is 37.2 Å². The number of hydrogen-bond donors (Lipinski definition) is 0. The van der Waals surface area contributed by atoms with Gasteiger partial charge in [-0.05, 0) is 55.7 Å². The van der Waals surface area contributed by atoms with Crippen LogP contribution in [0.15, 0.2) is 84.9 Å². The molecule has 9 heteroatoms. The predicted octanol–water partition coefficient (Wildman–Crippen LogP) is 13.4. The minimum atomic E-state index is -3.72. The van der Waals surface area contributed by atoms with E-state index in [1.807, 2.05) is 36.4 Å². The third kappa shape index (κ3) is 21.6. The zero-order valence-corrected chi connectivity index (χ0v) is 33.5.